The van der Waals surface area contributed by atoms with Crippen LogP contribution in [0.15, 0.2) is 39.8 Å². The Morgan fingerprint density at radius 3 is 2.48 bits per heavy atom. The molecule has 1 aromatic heterocycles. The lowest BCUT2D eigenvalue weighted by Crippen LogP contribution is -2.37. The number of aliphatic imine (C=N–C) groups is 1. The van der Waals surface area contributed by atoms with Crippen LogP contribution in [0.25, 0.3) is 0 Å². The van der Waals surface area contributed by atoms with Gasteiger partial charge in [0, 0.05) is 32.3 Å². The smallest absolute Gasteiger partial charge is 0.221 e. The molecule has 0 unspecified atom stereocenters. The summed E-state index contributed by atoms with van der Waals surface area (Å²) in [6.07, 6.45) is 0.848. The molecule has 7 nitrogen and oxygen atoms in total. The molecular formula is C19H28IN5O2. The Kier molecular flexibility index (Phi) is 9.84. The number of amides is 1. The number of nitrogens with zero attached hydrogens (tertiary/aromatic N) is 2. The van der Waals surface area contributed by atoms with E-state index < -0.39 is 0 Å². The molecule has 27 heavy (non-hydrogen) atoms. The third-order valence-corrected chi connectivity index (χ3v) is 3.80. The molecule has 0 aliphatic rings. The average Bonchev–Trinajstić information content (AvgIpc) is 3.08. The van der Waals surface area contributed by atoms with Crippen molar-refractivity contribution in [3.8, 4) is 0 Å². The first-order chi connectivity index (χ1) is 12.5. The average molecular weight is 485 g/mol. The molecular weight excluding hydrogens is 457 g/mol. The highest BCUT2D eigenvalue weighted by Crippen LogP contribution is 2.13. The van der Waals surface area contributed by atoms with Crippen LogP contribution < -0.4 is 16.0 Å². The van der Waals surface area contributed by atoms with Crippen molar-refractivity contribution >= 4 is 41.5 Å². The number of benzene rings is 1. The molecule has 0 bridgehead atoms. The molecule has 1 heterocycles. The summed E-state index contributed by atoms with van der Waals surface area (Å²) in [5, 5.41) is 13.3. The molecule has 3 N–H and O–H groups in total. The van der Waals surface area contributed by atoms with Gasteiger partial charge in [-0.25, -0.2) is 0 Å². The van der Waals surface area contributed by atoms with E-state index in [1.807, 2.05) is 30.3 Å². The Balaban J connectivity index is 0.00000364. The van der Waals surface area contributed by atoms with Gasteiger partial charge in [0.05, 0.1) is 12.2 Å². The standard InChI is InChI=1S/C19H27N5O2.HI/c1-13(2)18-11-17(26-24-18)12-22-19(20-4)21-10-9-15-5-7-16(8-6-15)23-14(3)25;/h5-8,11,13H,9-10,12H2,1-4H3,(H,23,25)(H2,20,21,22);1H. The van der Waals surface area contributed by atoms with Crippen LogP contribution in [0, 0.1) is 0 Å². The molecule has 2 aromatic rings. The number of nitrogens with one attached hydrogen (secondary N) is 3. The second-order valence-corrected chi connectivity index (χ2v) is 6.35. The number of guanidine groups is 1. The number of anilines is 1. The summed E-state index contributed by atoms with van der Waals surface area (Å²) in [7, 11) is 1.73. The number of aromatic nitrogens is 1. The van der Waals surface area contributed by atoms with Crippen LogP contribution in [0.4, 0.5) is 5.69 Å². The molecule has 148 valence electrons. The zero-order valence-corrected chi connectivity index (χ0v) is 18.5. The van der Waals surface area contributed by atoms with Gasteiger partial charge >= 0.3 is 0 Å². The third-order valence-electron chi connectivity index (χ3n) is 3.80. The van der Waals surface area contributed by atoms with Crippen LogP contribution in [-0.4, -0.2) is 30.6 Å². The maximum atomic E-state index is 11.0. The van der Waals surface area contributed by atoms with Crippen molar-refractivity contribution < 1.29 is 9.32 Å². The van der Waals surface area contributed by atoms with Gasteiger partial charge in [-0.2, -0.15) is 0 Å². The zero-order valence-electron chi connectivity index (χ0n) is 16.2. The van der Waals surface area contributed by atoms with Crippen molar-refractivity contribution in [2.24, 2.45) is 4.99 Å². The van der Waals surface area contributed by atoms with E-state index in [1.54, 1.807) is 7.05 Å². The first-order valence-corrected chi connectivity index (χ1v) is 8.74. The minimum absolute atomic E-state index is 0. The maximum Gasteiger partial charge on any atom is 0.221 e. The third kappa shape index (κ3) is 7.98. The summed E-state index contributed by atoms with van der Waals surface area (Å²) >= 11 is 0. The molecule has 0 saturated heterocycles. The monoisotopic (exact) mass is 485 g/mol. The number of hydrogen-bond donors (Lipinski definition) is 3. The highest BCUT2D eigenvalue weighted by atomic mass is 127. The van der Waals surface area contributed by atoms with Crippen molar-refractivity contribution in [1.29, 1.82) is 0 Å². The molecule has 0 spiro atoms. The summed E-state index contributed by atoms with van der Waals surface area (Å²) in [6.45, 7) is 6.94. The van der Waals surface area contributed by atoms with Crippen molar-refractivity contribution in [2.75, 3.05) is 18.9 Å². The molecule has 0 saturated carbocycles. The fourth-order valence-corrected chi connectivity index (χ4v) is 2.36. The van der Waals surface area contributed by atoms with E-state index in [1.165, 1.54) is 12.5 Å². The normalized spacial score (nSPS) is 11.1. The van der Waals surface area contributed by atoms with E-state index >= 15 is 0 Å². The second-order valence-electron chi connectivity index (χ2n) is 6.35. The van der Waals surface area contributed by atoms with Crippen molar-refractivity contribution in [3.05, 3.63) is 47.3 Å². The number of halogens is 1. The first kappa shape index (κ1) is 22.9. The number of carbonyl (C=O) groups is 1. The largest absolute Gasteiger partial charge is 0.359 e. The SMILES string of the molecule is CN=C(NCCc1ccc(NC(C)=O)cc1)NCc1cc(C(C)C)no1.I. The van der Waals surface area contributed by atoms with E-state index in [0.717, 1.165) is 30.1 Å². The van der Waals surface area contributed by atoms with E-state index in [-0.39, 0.29) is 29.9 Å². The maximum absolute atomic E-state index is 11.0. The summed E-state index contributed by atoms with van der Waals surface area (Å²) < 4.78 is 5.31. The van der Waals surface area contributed by atoms with Gasteiger partial charge in [0.1, 0.15) is 0 Å². The van der Waals surface area contributed by atoms with E-state index in [9.17, 15) is 4.79 Å². The van der Waals surface area contributed by atoms with Crippen LogP contribution in [0.5, 0.6) is 0 Å². The van der Waals surface area contributed by atoms with Crippen molar-refractivity contribution in [2.45, 2.75) is 39.7 Å². The topological polar surface area (TPSA) is 91.5 Å². The van der Waals surface area contributed by atoms with Crippen LogP contribution >= 0.6 is 24.0 Å². The van der Waals surface area contributed by atoms with E-state index in [0.29, 0.717) is 18.4 Å². The van der Waals surface area contributed by atoms with Crippen LogP contribution in [-0.2, 0) is 17.8 Å². The first-order valence-electron chi connectivity index (χ1n) is 8.74. The Hall–Kier alpha value is -2.10. The highest BCUT2D eigenvalue weighted by Gasteiger charge is 2.08. The van der Waals surface area contributed by atoms with Gasteiger partial charge in [-0.1, -0.05) is 31.1 Å². The van der Waals surface area contributed by atoms with Gasteiger partial charge < -0.3 is 20.5 Å². The minimum Gasteiger partial charge on any atom is -0.359 e. The lowest BCUT2D eigenvalue weighted by molar-refractivity contribution is -0.114. The fourth-order valence-electron chi connectivity index (χ4n) is 2.36. The quantitative estimate of drug-likeness (QED) is 0.318. The summed E-state index contributed by atoms with van der Waals surface area (Å²) in [6, 6.07) is 9.78. The molecule has 0 aliphatic carbocycles. The van der Waals surface area contributed by atoms with Gasteiger partial charge in [0.15, 0.2) is 11.7 Å². The summed E-state index contributed by atoms with van der Waals surface area (Å²) in [4.78, 5) is 15.2. The molecule has 0 fully saturated rings. The fraction of sp³-hybridized carbons (Fsp3) is 0.421. The summed E-state index contributed by atoms with van der Waals surface area (Å²) in [5.74, 6) is 1.77. The van der Waals surface area contributed by atoms with E-state index in [4.69, 9.17) is 4.52 Å². The predicted molar refractivity (Wildman–Crippen MR) is 119 cm³/mol. The lowest BCUT2D eigenvalue weighted by Gasteiger charge is -2.11. The van der Waals surface area contributed by atoms with Gasteiger partial charge in [-0.15, -0.1) is 24.0 Å². The van der Waals surface area contributed by atoms with Crippen LogP contribution in [0.1, 0.15) is 43.7 Å². The van der Waals surface area contributed by atoms with Crippen LogP contribution in [0.3, 0.4) is 0 Å². The zero-order chi connectivity index (χ0) is 18.9. The number of rotatable bonds is 7. The molecule has 0 aliphatic heterocycles. The molecule has 2 rings (SSSR count). The molecule has 8 heteroatoms. The number of carbonyl (C=O) groups excluding carboxylic acids is 1. The Morgan fingerprint density at radius 2 is 1.93 bits per heavy atom. The summed E-state index contributed by atoms with van der Waals surface area (Å²) in [5.41, 5.74) is 2.94. The van der Waals surface area contributed by atoms with E-state index in [2.05, 4.69) is 39.9 Å². The van der Waals surface area contributed by atoms with Crippen LogP contribution in [0.2, 0.25) is 0 Å². The Morgan fingerprint density at radius 1 is 1.22 bits per heavy atom. The van der Waals surface area contributed by atoms with Crippen molar-refractivity contribution in [3.63, 3.8) is 0 Å². The van der Waals surface area contributed by atoms with Gasteiger partial charge in [0.25, 0.3) is 0 Å². The molecule has 1 amide bonds. The van der Waals surface area contributed by atoms with Crippen molar-refractivity contribution in [1.82, 2.24) is 15.8 Å². The van der Waals surface area contributed by atoms with Gasteiger partial charge in [0.2, 0.25) is 5.91 Å². The molecule has 0 radical (unpaired) electrons. The van der Waals surface area contributed by atoms with Gasteiger partial charge in [-0.3, -0.25) is 9.79 Å². The second kappa shape index (κ2) is 11.6. The predicted octanol–water partition coefficient (Wildman–Crippen LogP) is 3.28. The molecule has 1 aromatic carbocycles. The number of hydrogen-bond acceptors (Lipinski definition) is 4. The Labute approximate surface area is 177 Å². The van der Waals surface area contributed by atoms with Gasteiger partial charge in [-0.05, 0) is 30.0 Å². The lowest BCUT2D eigenvalue weighted by atomic mass is 10.1. The highest BCUT2D eigenvalue weighted by molar-refractivity contribution is 14.0. The Bertz CT molecular complexity index is 741. The minimum atomic E-state index is -0.0680. The molecule has 0 atom stereocenters.